The molecule has 0 amide bonds. The summed E-state index contributed by atoms with van der Waals surface area (Å²) in [5, 5.41) is 0.365. The molecule has 0 spiro atoms. The normalized spacial score (nSPS) is 21.5. The maximum absolute atomic E-state index is 14.2. The highest BCUT2D eigenvalue weighted by molar-refractivity contribution is 6.62. The Morgan fingerprint density at radius 2 is 1.74 bits per heavy atom. The standard InChI is InChI=1S/C35H41BClFN4O4/c1-34(2)35(3,4)46-36(45-34)25-9-11-31-30(18-25)39-32(42(31)20-27-14-17-43-27)21-41-15-12-23(13-16-41)29-6-5-7-33(40-29)44-22-24-8-10-26(37)19-28(24)38/h5-11,18-19,23,27H,12-17,20-22H2,1-4H3/t27-/m0/s1. The van der Waals surface area contributed by atoms with Crippen LogP contribution in [0.2, 0.25) is 5.02 Å². The smallest absolute Gasteiger partial charge is 0.473 e. The van der Waals surface area contributed by atoms with Gasteiger partial charge in [0.05, 0.1) is 41.4 Å². The summed E-state index contributed by atoms with van der Waals surface area (Å²) in [4.78, 5) is 12.4. The van der Waals surface area contributed by atoms with Crippen LogP contribution >= 0.6 is 11.6 Å². The molecule has 0 saturated carbocycles. The molecule has 0 N–H and O–H groups in total. The zero-order valence-electron chi connectivity index (χ0n) is 27.0. The van der Waals surface area contributed by atoms with E-state index in [1.165, 1.54) is 6.07 Å². The first kappa shape index (κ1) is 31.6. The van der Waals surface area contributed by atoms with Crippen molar-refractivity contribution in [3.8, 4) is 5.88 Å². The number of piperidine rings is 1. The molecule has 242 valence electrons. The van der Waals surface area contributed by atoms with Crippen molar-refractivity contribution in [2.45, 2.75) is 89.9 Å². The second kappa shape index (κ2) is 12.5. The topological polar surface area (TPSA) is 70.9 Å². The molecule has 46 heavy (non-hydrogen) atoms. The first-order chi connectivity index (χ1) is 22.0. The lowest BCUT2D eigenvalue weighted by Gasteiger charge is -2.32. The Hall–Kier alpha value is -3.02. The Morgan fingerprint density at radius 1 is 0.978 bits per heavy atom. The third kappa shape index (κ3) is 6.43. The largest absolute Gasteiger partial charge is 0.494 e. The third-order valence-electron chi connectivity index (χ3n) is 10.1. The van der Waals surface area contributed by atoms with Gasteiger partial charge in [-0.05, 0) is 95.8 Å². The van der Waals surface area contributed by atoms with Crippen molar-refractivity contribution in [2.75, 3.05) is 19.7 Å². The number of halogens is 2. The number of imidazole rings is 1. The summed E-state index contributed by atoms with van der Waals surface area (Å²) in [6.45, 7) is 12.7. The molecule has 0 bridgehead atoms. The molecule has 7 rings (SSSR count). The van der Waals surface area contributed by atoms with E-state index in [-0.39, 0.29) is 18.5 Å². The Morgan fingerprint density at radius 3 is 2.43 bits per heavy atom. The van der Waals surface area contributed by atoms with Gasteiger partial charge in [-0.25, -0.2) is 14.4 Å². The number of fused-ring (bicyclic) bond motifs is 1. The maximum Gasteiger partial charge on any atom is 0.494 e. The maximum atomic E-state index is 14.2. The van der Waals surface area contributed by atoms with Crippen LogP contribution in [0.4, 0.5) is 4.39 Å². The van der Waals surface area contributed by atoms with E-state index in [1.807, 2.05) is 12.1 Å². The van der Waals surface area contributed by atoms with Gasteiger partial charge in [0.1, 0.15) is 18.2 Å². The van der Waals surface area contributed by atoms with Crippen LogP contribution in [0, 0.1) is 5.82 Å². The molecular formula is C35H41BClFN4O4. The highest BCUT2D eigenvalue weighted by Gasteiger charge is 2.51. The van der Waals surface area contributed by atoms with Crippen molar-refractivity contribution in [3.05, 3.63) is 82.5 Å². The highest BCUT2D eigenvalue weighted by atomic mass is 35.5. The number of hydrogen-bond donors (Lipinski definition) is 0. The van der Waals surface area contributed by atoms with Gasteiger partial charge in [0, 0.05) is 34.9 Å². The summed E-state index contributed by atoms with van der Waals surface area (Å²) in [6, 6.07) is 16.8. The number of likely N-dealkylation sites (tertiary alicyclic amines) is 1. The highest BCUT2D eigenvalue weighted by Crippen LogP contribution is 2.37. The molecule has 4 aromatic rings. The molecule has 2 aromatic carbocycles. The van der Waals surface area contributed by atoms with Crippen LogP contribution in [0.25, 0.3) is 11.0 Å². The van der Waals surface area contributed by atoms with Gasteiger partial charge in [-0.15, -0.1) is 0 Å². The molecule has 0 aliphatic carbocycles. The molecule has 3 saturated heterocycles. The second-order valence-electron chi connectivity index (χ2n) is 13.7. The minimum Gasteiger partial charge on any atom is -0.473 e. The average Bonchev–Trinajstić information content (AvgIpc) is 3.45. The predicted molar refractivity (Wildman–Crippen MR) is 177 cm³/mol. The van der Waals surface area contributed by atoms with Crippen LogP contribution in [0.5, 0.6) is 5.88 Å². The van der Waals surface area contributed by atoms with E-state index in [0.29, 0.717) is 22.4 Å². The zero-order chi connectivity index (χ0) is 32.1. The van der Waals surface area contributed by atoms with Crippen LogP contribution in [0.3, 0.4) is 0 Å². The molecule has 3 aliphatic heterocycles. The molecule has 8 nitrogen and oxygen atoms in total. The monoisotopic (exact) mass is 646 g/mol. The minimum absolute atomic E-state index is 0.100. The zero-order valence-corrected chi connectivity index (χ0v) is 27.7. The number of ether oxygens (including phenoxy) is 2. The van der Waals surface area contributed by atoms with Crippen molar-refractivity contribution in [2.24, 2.45) is 0 Å². The van der Waals surface area contributed by atoms with Crippen LogP contribution in [0.15, 0.2) is 54.6 Å². The molecule has 11 heteroatoms. The van der Waals surface area contributed by atoms with Crippen molar-refractivity contribution >= 4 is 35.2 Å². The van der Waals surface area contributed by atoms with E-state index in [9.17, 15) is 4.39 Å². The summed E-state index contributed by atoms with van der Waals surface area (Å²) in [7, 11) is -0.423. The van der Waals surface area contributed by atoms with Crippen molar-refractivity contribution in [3.63, 3.8) is 0 Å². The van der Waals surface area contributed by atoms with Crippen LogP contribution in [-0.2, 0) is 33.7 Å². The third-order valence-corrected chi connectivity index (χ3v) is 10.3. The van der Waals surface area contributed by atoms with Gasteiger partial charge < -0.3 is 23.3 Å². The Kier molecular flexibility index (Phi) is 8.61. The molecule has 0 radical (unpaired) electrons. The first-order valence-electron chi connectivity index (χ1n) is 16.3. The molecule has 3 fully saturated rings. The summed E-state index contributed by atoms with van der Waals surface area (Å²) in [5.41, 5.74) is 3.72. The van der Waals surface area contributed by atoms with E-state index in [1.54, 1.807) is 12.1 Å². The fraction of sp³-hybridized carbons (Fsp3) is 0.486. The molecule has 1 atom stereocenters. The lowest BCUT2D eigenvalue weighted by Crippen LogP contribution is -2.41. The number of pyridine rings is 1. The number of aromatic nitrogens is 3. The Labute approximate surface area is 275 Å². The van der Waals surface area contributed by atoms with Gasteiger partial charge in [0.2, 0.25) is 5.88 Å². The first-order valence-corrected chi connectivity index (χ1v) is 16.6. The average molecular weight is 647 g/mol. The summed E-state index contributed by atoms with van der Waals surface area (Å²) in [5.74, 6) is 1.51. The summed E-state index contributed by atoms with van der Waals surface area (Å²) >= 11 is 5.88. The van der Waals surface area contributed by atoms with Crippen molar-refractivity contribution < 1.29 is 23.2 Å². The molecule has 5 heterocycles. The van der Waals surface area contributed by atoms with E-state index < -0.39 is 18.3 Å². The molecule has 3 aliphatic rings. The van der Waals surface area contributed by atoms with Gasteiger partial charge >= 0.3 is 7.12 Å². The fourth-order valence-electron chi connectivity index (χ4n) is 6.39. The summed E-state index contributed by atoms with van der Waals surface area (Å²) < 4.78 is 40.9. The van der Waals surface area contributed by atoms with E-state index in [4.69, 9.17) is 40.4 Å². The number of benzene rings is 2. The van der Waals surface area contributed by atoms with Crippen LogP contribution in [-0.4, -0.2) is 63.6 Å². The van der Waals surface area contributed by atoms with Gasteiger partial charge in [-0.2, -0.15) is 0 Å². The van der Waals surface area contributed by atoms with Crippen molar-refractivity contribution in [1.82, 2.24) is 19.4 Å². The quantitative estimate of drug-likeness (QED) is 0.199. The van der Waals surface area contributed by atoms with Crippen molar-refractivity contribution in [1.29, 1.82) is 0 Å². The molecular weight excluding hydrogens is 606 g/mol. The van der Waals surface area contributed by atoms with E-state index >= 15 is 0 Å². The predicted octanol–water partition coefficient (Wildman–Crippen LogP) is 6.27. The number of rotatable bonds is 9. The van der Waals surface area contributed by atoms with E-state index in [0.717, 1.165) is 80.1 Å². The summed E-state index contributed by atoms with van der Waals surface area (Å²) in [6.07, 6.45) is 3.27. The minimum atomic E-state index is -0.423. The van der Waals surface area contributed by atoms with E-state index in [2.05, 4.69) is 61.4 Å². The fourth-order valence-corrected chi connectivity index (χ4v) is 6.55. The van der Waals surface area contributed by atoms with Gasteiger partial charge in [-0.3, -0.25) is 4.90 Å². The van der Waals surface area contributed by atoms with Gasteiger partial charge in [-0.1, -0.05) is 29.8 Å². The Balaban J connectivity index is 1.02. The van der Waals surface area contributed by atoms with Crippen LogP contribution in [0.1, 0.15) is 70.0 Å². The van der Waals surface area contributed by atoms with Gasteiger partial charge in [0.25, 0.3) is 0 Å². The molecule has 0 unspecified atom stereocenters. The number of hydrogen-bond acceptors (Lipinski definition) is 7. The lowest BCUT2D eigenvalue weighted by molar-refractivity contribution is -0.0592. The molecule has 2 aromatic heterocycles. The lowest BCUT2D eigenvalue weighted by atomic mass is 9.79. The number of nitrogens with zero attached hydrogens (tertiary/aromatic N) is 4. The Bertz CT molecular complexity index is 1700. The van der Waals surface area contributed by atoms with Gasteiger partial charge in [0.15, 0.2) is 0 Å². The second-order valence-corrected chi connectivity index (χ2v) is 14.2. The van der Waals surface area contributed by atoms with Crippen LogP contribution < -0.4 is 10.2 Å². The SMILES string of the molecule is CC1(C)OB(c2ccc3c(c2)nc(CN2CCC(c4cccc(OCc5ccc(Cl)cc5F)n4)CC2)n3C[C@@H]2CCO2)OC1(C)C.